The first-order valence-corrected chi connectivity index (χ1v) is 7.77. The van der Waals surface area contributed by atoms with Crippen molar-refractivity contribution in [3.63, 3.8) is 0 Å². The average Bonchev–Trinajstić information content (AvgIpc) is 3.21. The zero-order valence-electron chi connectivity index (χ0n) is 13.1. The molecule has 0 amide bonds. The van der Waals surface area contributed by atoms with Crippen molar-refractivity contribution in [3.05, 3.63) is 29.8 Å². The second-order valence-corrected chi connectivity index (χ2v) is 6.24. The lowest BCUT2D eigenvalue weighted by Gasteiger charge is -2.16. The Bertz CT molecular complexity index is 402. The second-order valence-electron chi connectivity index (χ2n) is 6.24. The van der Waals surface area contributed by atoms with Crippen LogP contribution in [0.4, 0.5) is 0 Å². The quantitative estimate of drug-likeness (QED) is 0.750. The van der Waals surface area contributed by atoms with Crippen molar-refractivity contribution >= 4 is 0 Å². The monoisotopic (exact) mass is 276 g/mol. The van der Waals surface area contributed by atoms with Gasteiger partial charge in [0.1, 0.15) is 12.4 Å². The van der Waals surface area contributed by atoms with Crippen LogP contribution in [0.25, 0.3) is 0 Å². The van der Waals surface area contributed by atoms with Gasteiger partial charge in [-0.3, -0.25) is 0 Å². The van der Waals surface area contributed by atoms with Crippen molar-refractivity contribution in [1.29, 1.82) is 0 Å². The Balaban J connectivity index is 1.70. The first-order valence-electron chi connectivity index (χ1n) is 7.77. The molecule has 20 heavy (non-hydrogen) atoms. The molecule has 112 valence electrons. The average molecular weight is 276 g/mol. The summed E-state index contributed by atoms with van der Waals surface area (Å²) in [5.41, 5.74) is 1.28. The summed E-state index contributed by atoms with van der Waals surface area (Å²) in [6.07, 6.45) is 2.83. The van der Waals surface area contributed by atoms with Crippen molar-refractivity contribution in [3.8, 4) is 5.75 Å². The molecule has 1 aromatic rings. The predicted octanol–water partition coefficient (Wildman–Crippen LogP) is 2.91. The lowest BCUT2D eigenvalue weighted by molar-refractivity contribution is 0.232. The van der Waals surface area contributed by atoms with E-state index in [2.05, 4.69) is 49.3 Å². The van der Waals surface area contributed by atoms with Gasteiger partial charge in [-0.15, -0.1) is 0 Å². The van der Waals surface area contributed by atoms with Gasteiger partial charge in [0.2, 0.25) is 0 Å². The van der Waals surface area contributed by atoms with Crippen LogP contribution in [0.5, 0.6) is 5.75 Å². The Morgan fingerprint density at radius 2 is 2.15 bits per heavy atom. The molecule has 3 nitrogen and oxygen atoms in total. The highest BCUT2D eigenvalue weighted by Gasteiger charge is 2.22. The molecule has 0 unspecified atom stereocenters. The minimum absolute atomic E-state index is 0.510. The Morgan fingerprint density at radius 3 is 2.85 bits per heavy atom. The van der Waals surface area contributed by atoms with Gasteiger partial charge in [0.25, 0.3) is 0 Å². The summed E-state index contributed by atoms with van der Waals surface area (Å²) < 4.78 is 5.86. The number of nitrogens with one attached hydrogen (secondary N) is 1. The normalized spacial score (nSPS) is 15.1. The van der Waals surface area contributed by atoms with Gasteiger partial charge in [0, 0.05) is 25.7 Å². The van der Waals surface area contributed by atoms with Gasteiger partial charge in [0.05, 0.1) is 0 Å². The molecular formula is C17H28N2O. The van der Waals surface area contributed by atoms with Gasteiger partial charge in [0.15, 0.2) is 0 Å². The highest BCUT2D eigenvalue weighted by Crippen LogP contribution is 2.29. The summed E-state index contributed by atoms with van der Waals surface area (Å²) in [6.45, 7) is 8.22. The molecule has 0 saturated heterocycles. The largest absolute Gasteiger partial charge is 0.492 e. The highest BCUT2D eigenvalue weighted by molar-refractivity contribution is 5.28. The molecule has 1 fully saturated rings. The maximum Gasteiger partial charge on any atom is 0.119 e. The van der Waals surface area contributed by atoms with E-state index in [4.69, 9.17) is 4.74 Å². The molecule has 3 heteroatoms. The molecule has 1 N–H and O–H groups in total. The third kappa shape index (κ3) is 5.93. The molecule has 0 atom stereocenters. The smallest absolute Gasteiger partial charge is 0.119 e. The van der Waals surface area contributed by atoms with E-state index in [9.17, 15) is 0 Å². The van der Waals surface area contributed by atoms with Crippen LogP contribution in [-0.4, -0.2) is 37.7 Å². The van der Waals surface area contributed by atoms with Crippen molar-refractivity contribution < 1.29 is 4.74 Å². The SMILES string of the molecule is CC(C)NCc1cccc(OCCN(C)CC2CC2)c1. The third-order valence-corrected chi connectivity index (χ3v) is 3.62. The van der Waals surface area contributed by atoms with E-state index in [-0.39, 0.29) is 0 Å². The second kappa shape index (κ2) is 7.65. The zero-order chi connectivity index (χ0) is 14.4. The van der Waals surface area contributed by atoms with Crippen LogP contribution in [-0.2, 0) is 6.54 Å². The summed E-state index contributed by atoms with van der Waals surface area (Å²) in [5, 5.41) is 3.43. The van der Waals surface area contributed by atoms with E-state index in [0.29, 0.717) is 6.04 Å². The molecular weight excluding hydrogens is 248 g/mol. The summed E-state index contributed by atoms with van der Waals surface area (Å²) in [6, 6.07) is 8.90. The van der Waals surface area contributed by atoms with Crippen LogP contribution in [0.1, 0.15) is 32.3 Å². The van der Waals surface area contributed by atoms with Crippen LogP contribution < -0.4 is 10.1 Å². The number of likely N-dealkylation sites (N-methyl/N-ethyl adjacent to an activating group) is 1. The van der Waals surface area contributed by atoms with Crippen molar-refractivity contribution in [2.24, 2.45) is 5.92 Å². The van der Waals surface area contributed by atoms with Gasteiger partial charge in [-0.1, -0.05) is 26.0 Å². The molecule has 0 bridgehead atoms. The molecule has 0 aromatic heterocycles. The van der Waals surface area contributed by atoms with Gasteiger partial charge in [-0.25, -0.2) is 0 Å². The first-order chi connectivity index (χ1) is 9.63. The van der Waals surface area contributed by atoms with E-state index in [1.807, 2.05) is 6.07 Å². The molecule has 0 spiro atoms. The number of benzene rings is 1. The molecule has 1 aromatic carbocycles. The number of hydrogen-bond acceptors (Lipinski definition) is 3. The topological polar surface area (TPSA) is 24.5 Å². The van der Waals surface area contributed by atoms with Gasteiger partial charge in [-0.2, -0.15) is 0 Å². The van der Waals surface area contributed by atoms with E-state index in [0.717, 1.165) is 31.4 Å². The van der Waals surface area contributed by atoms with Crippen LogP contribution in [0.2, 0.25) is 0 Å². The van der Waals surface area contributed by atoms with E-state index in [1.54, 1.807) is 0 Å². The Kier molecular flexibility index (Phi) is 5.86. The molecule has 0 heterocycles. The molecule has 1 saturated carbocycles. The summed E-state index contributed by atoms with van der Waals surface area (Å²) in [7, 11) is 2.19. The lowest BCUT2D eigenvalue weighted by Crippen LogP contribution is -2.26. The minimum atomic E-state index is 0.510. The maximum absolute atomic E-state index is 5.86. The van der Waals surface area contributed by atoms with Crippen LogP contribution >= 0.6 is 0 Å². The van der Waals surface area contributed by atoms with Crippen molar-refractivity contribution in [2.75, 3.05) is 26.7 Å². The van der Waals surface area contributed by atoms with Crippen molar-refractivity contribution in [2.45, 2.75) is 39.3 Å². The zero-order valence-corrected chi connectivity index (χ0v) is 13.1. The maximum atomic E-state index is 5.86. The molecule has 2 rings (SSSR count). The predicted molar refractivity (Wildman–Crippen MR) is 84.1 cm³/mol. The number of ether oxygens (including phenoxy) is 1. The fraction of sp³-hybridized carbons (Fsp3) is 0.647. The van der Waals surface area contributed by atoms with Gasteiger partial charge >= 0.3 is 0 Å². The van der Waals surface area contributed by atoms with Crippen LogP contribution in [0.3, 0.4) is 0 Å². The number of hydrogen-bond donors (Lipinski definition) is 1. The molecule has 0 aliphatic heterocycles. The summed E-state index contributed by atoms with van der Waals surface area (Å²) in [4.78, 5) is 2.38. The molecule has 1 aliphatic carbocycles. The highest BCUT2D eigenvalue weighted by atomic mass is 16.5. The summed E-state index contributed by atoms with van der Waals surface area (Å²) in [5.74, 6) is 1.93. The van der Waals surface area contributed by atoms with E-state index < -0.39 is 0 Å². The number of nitrogens with zero attached hydrogens (tertiary/aromatic N) is 1. The van der Waals surface area contributed by atoms with Crippen molar-refractivity contribution in [1.82, 2.24) is 10.2 Å². The first kappa shape index (κ1) is 15.3. The summed E-state index contributed by atoms with van der Waals surface area (Å²) >= 11 is 0. The van der Waals surface area contributed by atoms with Crippen LogP contribution in [0, 0.1) is 5.92 Å². The Hall–Kier alpha value is -1.06. The van der Waals surface area contributed by atoms with Gasteiger partial charge in [-0.05, 0) is 43.5 Å². The van der Waals surface area contributed by atoms with E-state index >= 15 is 0 Å². The molecule has 0 radical (unpaired) electrons. The Labute approximate surface area is 123 Å². The third-order valence-electron chi connectivity index (χ3n) is 3.62. The standard InChI is InChI=1S/C17H28N2O/c1-14(2)18-12-16-5-4-6-17(11-16)20-10-9-19(3)13-15-7-8-15/h4-6,11,14-15,18H,7-10,12-13H2,1-3H3. The molecule has 1 aliphatic rings. The van der Waals surface area contributed by atoms with E-state index in [1.165, 1.54) is 24.9 Å². The Morgan fingerprint density at radius 1 is 1.35 bits per heavy atom. The number of rotatable bonds is 9. The minimum Gasteiger partial charge on any atom is -0.492 e. The fourth-order valence-corrected chi connectivity index (χ4v) is 2.22. The van der Waals surface area contributed by atoms with Crippen LogP contribution in [0.15, 0.2) is 24.3 Å². The lowest BCUT2D eigenvalue weighted by atomic mass is 10.2. The van der Waals surface area contributed by atoms with Gasteiger partial charge < -0.3 is 15.0 Å². The fourth-order valence-electron chi connectivity index (χ4n) is 2.22.